The normalized spacial score (nSPS) is 14.8. The van der Waals surface area contributed by atoms with Gasteiger partial charge in [0.05, 0.1) is 18.7 Å². The second kappa shape index (κ2) is 7.62. The summed E-state index contributed by atoms with van der Waals surface area (Å²) >= 11 is 6.34. The van der Waals surface area contributed by atoms with Crippen molar-refractivity contribution in [3.05, 3.63) is 58.1 Å². The van der Waals surface area contributed by atoms with Gasteiger partial charge < -0.3 is 9.47 Å². The van der Waals surface area contributed by atoms with Crippen molar-refractivity contribution in [2.75, 3.05) is 13.7 Å². The van der Waals surface area contributed by atoms with Crippen LogP contribution in [0.2, 0.25) is 5.02 Å². The van der Waals surface area contributed by atoms with Crippen molar-refractivity contribution in [3.63, 3.8) is 0 Å². The number of methoxy groups -OCH3 is 1. The molecule has 0 spiro atoms. The van der Waals surface area contributed by atoms with Crippen molar-refractivity contribution in [1.82, 2.24) is 5.32 Å². The minimum Gasteiger partial charge on any atom is -0.493 e. The summed E-state index contributed by atoms with van der Waals surface area (Å²) < 4.78 is 11.0. The maximum absolute atomic E-state index is 12.3. The molecule has 134 valence electrons. The van der Waals surface area contributed by atoms with E-state index in [0.717, 1.165) is 6.42 Å². The molecule has 6 heteroatoms. The van der Waals surface area contributed by atoms with Crippen molar-refractivity contribution in [2.45, 2.75) is 13.3 Å². The van der Waals surface area contributed by atoms with Crippen LogP contribution in [-0.2, 0) is 4.79 Å². The van der Waals surface area contributed by atoms with E-state index in [4.69, 9.17) is 21.1 Å². The zero-order valence-corrected chi connectivity index (χ0v) is 15.2. The molecule has 1 aliphatic heterocycles. The molecule has 0 bridgehead atoms. The van der Waals surface area contributed by atoms with Crippen LogP contribution in [0.1, 0.15) is 34.8 Å². The SMILES string of the molecule is CCCOc1c(Cl)cc(/C=C2\C(=O)NC(=O)c3ccccc32)cc1OC. The summed E-state index contributed by atoms with van der Waals surface area (Å²) in [6.45, 7) is 2.52. The zero-order chi connectivity index (χ0) is 18.7. The maximum atomic E-state index is 12.3. The molecule has 2 aromatic carbocycles. The molecule has 2 amide bonds. The lowest BCUT2D eigenvalue weighted by molar-refractivity contribution is -0.114. The van der Waals surface area contributed by atoms with Crippen LogP contribution in [0.5, 0.6) is 11.5 Å². The smallest absolute Gasteiger partial charge is 0.258 e. The van der Waals surface area contributed by atoms with Gasteiger partial charge in [-0.2, -0.15) is 0 Å². The third-order valence-corrected chi connectivity index (χ3v) is 4.23. The van der Waals surface area contributed by atoms with E-state index in [-0.39, 0.29) is 0 Å². The summed E-state index contributed by atoms with van der Waals surface area (Å²) in [6.07, 6.45) is 2.52. The Bertz CT molecular complexity index is 905. The lowest BCUT2D eigenvalue weighted by atomic mass is 9.93. The lowest BCUT2D eigenvalue weighted by Crippen LogP contribution is -2.36. The summed E-state index contributed by atoms with van der Waals surface area (Å²) in [6, 6.07) is 10.4. The van der Waals surface area contributed by atoms with E-state index in [9.17, 15) is 9.59 Å². The Labute approximate surface area is 156 Å². The molecule has 2 aromatic rings. The fraction of sp³-hybridized carbons (Fsp3) is 0.200. The number of rotatable bonds is 5. The standard InChI is InChI=1S/C20H18ClNO4/c1-3-8-26-18-16(21)10-12(11-17(18)25-2)9-15-13-6-4-5-7-14(13)19(23)22-20(15)24/h4-7,9-11H,3,8H2,1-2H3,(H,22,23,24)/b15-9-. The Morgan fingerprint density at radius 2 is 1.85 bits per heavy atom. The Balaban J connectivity index is 2.07. The van der Waals surface area contributed by atoms with Crippen molar-refractivity contribution in [2.24, 2.45) is 0 Å². The molecule has 1 N–H and O–H groups in total. The van der Waals surface area contributed by atoms with E-state index in [2.05, 4.69) is 5.32 Å². The lowest BCUT2D eigenvalue weighted by Gasteiger charge is -2.18. The van der Waals surface area contributed by atoms with Crippen molar-refractivity contribution in [3.8, 4) is 11.5 Å². The fourth-order valence-electron chi connectivity index (χ4n) is 2.75. The summed E-state index contributed by atoms with van der Waals surface area (Å²) in [7, 11) is 1.53. The van der Waals surface area contributed by atoms with Gasteiger partial charge in [0.1, 0.15) is 0 Å². The Morgan fingerprint density at radius 1 is 1.12 bits per heavy atom. The van der Waals surface area contributed by atoms with Crippen molar-refractivity contribution < 1.29 is 19.1 Å². The molecule has 5 nitrogen and oxygen atoms in total. The number of nitrogens with one attached hydrogen (secondary N) is 1. The summed E-state index contributed by atoms with van der Waals surface area (Å²) in [4.78, 5) is 24.3. The van der Waals surface area contributed by atoms with E-state index in [0.29, 0.717) is 45.4 Å². The molecule has 0 saturated heterocycles. The van der Waals surface area contributed by atoms with Gasteiger partial charge in [-0.05, 0) is 41.8 Å². The van der Waals surface area contributed by atoms with Crippen LogP contribution in [0.3, 0.4) is 0 Å². The number of benzene rings is 2. The van der Waals surface area contributed by atoms with Crippen LogP contribution in [-0.4, -0.2) is 25.5 Å². The number of fused-ring (bicyclic) bond motifs is 1. The molecule has 26 heavy (non-hydrogen) atoms. The van der Waals surface area contributed by atoms with E-state index in [1.54, 1.807) is 42.5 Å². The van der Waals surface area contributed by atoms with Crippen molar-refractivity contribution in [1.29, 1.82) is 0 Å². The van der Waals surface area contributed by atoms with Crippen LogP contribution in [0.4, 0.5) is 0 Å². The van der Waals surface area contributed by atoms with E-state index < -0.39 is 11.8 Å². The highest BCUT2D eigenvalue weighted by molar-refractivity contribution is 6.34. The minimum absolute atomic E-state index is 0.389. The van der Waals surface area contributed by atoms with Crippen LogP contribution >= 0.6 is 11.6 Å². The first kappa shape index (κ1) is 18.0. The fourth-order valence-corrected chi connectivity index (χ4v) is 3.03. The molecule has 0 saturated carbocycles. The van der Waals surface area contributed by atoms with E-state index in [1.165, 1.54) is 7.11 Å². The number of amides is 2. The first-order valence-electron chi connectivity index (χ1n) is 8.22. The minimum atomic E-state index is -0.449. The molecule has 1 aliphatic rings. The van der Waals surface area contributed by atoms with Gasteiger partial charge >= 0.3 is 0 Å². The molecule has 0 aromatic heterocycles. The monoisotopic (exact) mass is 371 g/mol. The molecule has 1 heterocycles. The number of carbonyl (C=O) groups excluding carboxylic acids is 2. The van der Waals surface area contributed by atoms with Crippen LogP contribution in [0.25, 0.3) is 11.6 Å². The quantitative estimate of drug-likeness (QED) is 0.638. The predicted octanol–water partition coefficient (Wildman–Crippen LogP) is 3.95. The summed E-state index contributed by atoms with van der Waals surface area (Å²) in [5.41, 5.74) is 2.10. The van der Waals surface area contributed by atoms with Gasteiger partial charge in [0.2, 0.25) is 0 Å². The van der Waals surface area contributed by atoms with Gasteiger partial charge in [0.15, 0.2) is 11.5 Å². The molecule has 0 fully saturated rings. The maximum Gasteiger partial charge on any atom is 0.258 e. The number of ether oxygens (including phenoxy) is 2. The predicted molar refractivity (Wildman–Crippen MR) is 101 cm³/mol. The number of halogens is 1. The number of imide groups is 1. The van der Waals surface area contributed by atoms with Gasteiger partial charge in [0.25, 0.3) is 11.8 Å². The molecule has 0 aliphatic carbocycles. The zero-order valence-electron chi connectivity index (χ0n) is 14.5. The molecule has 0 atom stereocenters. The largest absolute Gasteiger partial charge is 0.493 e. The van der Waals surface area contributed by atoms with Gasteiger partial charge in [-0.3, -0.25) is 14.9 Å². The van der Waals surface area contributed by atoms with E-state index in [1.807, 2.05) is 6.92 Å². The summed E-state index contributed by atoms with van der Waals surface area (Å²) in [5, 5.41) is 2.75. The Morgan fingerprint density at radius 3 is 2.54 bits per heavy atom. The number of carbonyl (C=O) groups is 2. The molecule has 0 unspecified atom stereocenters. The first-order chi connectivity index (χ1) is 12.5. The van der Waals surface area contributed by atoms with Gasteiger partial charge in [-0.25, -0.2) is 0 Å². The Hall–Kier alpha value is -2.79. The number of hydrogen-bond donors (Lipinski definition) is 1. The van der Waals surface area contributed by atoms with E-state index >= 15 is 0 Å². The first-order valence-corrected chi connectivity index (χ1v) is 8.60. The molecular formula is C20H18ClNO4. The molecule has 3 rings (SSSR count). The second-order valence-electron chi connectivity index (χ2n) is 5.77. The van der Waals surface area contributed by atoms with Crippen molar-refractivity contribution >= 4 is 35.1 Å². The average Bonchev–Trinajstić information content (AvgIpc) is 2.64. The third-order valence-electron chi connectivity index (χ3n) is 3.95. The van der Waals surface area contributed by atoms with Gasteiger partial charge in [-0.15, -0.1) is 0 Å². The number of hydrogen-bond acceptors (Lipinski definition) is 4. The Kier molecular flexibility index (Phi) is 5.28. The average molecular weight is 372 g/mol. The highest BCUT2D eigenvalue weighted by Crippen LogP contribution is 2.38. The highest BCUT2D eigenvalue weighted by Gasteiger charge is 2.26. The van der Waals surface area contributed by atoms with Crippen LogP contribution in [0, 0.1) is 0 Å². The van der Waals surface area contributed by atoms with Gasteiger partial charge in [-0.1, -0.05) is 36.7 Å². The summed E-state index contributed by atoms with van der Waals surface area (Å²) in [5.74, 6) is 0.108. The third kappa shape index (κ3) is 3.44. The topological polar surface area (TPSA) is 64.6 Å². The highest BCUT2D eigenvalue weighted by atomic mass is 35.5. The molecular weight excluding hydrogens is 354 g/mol. The van der Waals surface area contributed by atoms with Crippen LogP contribution < -0.4 is 14.8 Å². The van der Waals surface area contributed by atoms with Crippen LogP contribution in [0.15, 0.2) is 36.4 Å². The second-order valence-corrected chi connectivity index (χ2v) is 6.18. The molecule has 0 radical (unpaired) electrons. The van der Waals surface area contributed by atoms with Gasteiger partial charge in [0, 0.05) is 11.1 Å².